The van der Waals surface area contributed by atoms with Gasteiger partial charge in [0.25, 0.3) is 5.56 Å². The Labute approximate surface area is 163 Å². The van der Waals surface area contributed by atoms with Crippen molar-refractivity contribution in [3.63, 3.8) is 0 Å². The second kappa shape index (κ2) is 7.72. The van der Waals surface area contributed by atoms with E-state index in [1.807, 2.05) is 0 Å². The van der Waals surface area contributed by atoms with E-state index in [9.17, 15) is 18.0 Å². The minimum Gasteiger partial charge on any atom is -0.399 e. The Morgan fingerprint density at radius 2 is 2.04 bits per heavy atom. The third kappa shape index (κ3) is 4.07. The molecule has 1 aliphatic rings. The molecule has 2 heterocycles. The maximum atomic E-state index is 13.2. The Morgan fingerprint density at radius 3 is 2.71 bits per heavy atom. The predicted octanol–water partition coefficient (Wildman–Crippen LogP) is 2.20. The van der Waals surface area contributed by atoms with E-state index in [1.54, 1.807) is 4.90 Å². The summed E-state index contributed by atoms with van der Waals surface area (Å²) in [5.41, 5.74) is 6.28. The second-order valence-corrected chi connectivity index (χ2v) is 6.70. The summed E-state index contributed by atoms with van der Waals surface area (Å²) >= 11 is 6.02. The van der Waals surface area contributed by atoms with Gasteiger partial charge < -0.3 is 15.6 Å². The van der Waals surface area contributed by atoms with Crippen molar-refractivity contribution in [3.8, 4) is 0 Å². The number of aromatic amines is 1. The minimum absolute atomic E-state index is 0.00467. The second-order valence-electron chi connectivity index (χ2n) is 6.32. The molecule has 2 aromatic rings. The number of benzene rings is 1. The van der Waals surface area contributed by atoms with Gasteiger partial charge in [-0.1, -0.05) is 29.8 Å². The molecule has 5 N–H and O–H groups in total. The number of halogens is 4. The number of nitrogens with zero attached hydrogens (tertiary/aromatic N) is 3. The highest BCUT2D eigenvalue weighted by molar-refractivity contribution is 6.33. The van der Waals surface area contributed by atoms with Crippen LogP contribution >= 0.6 is 11.6 Å². The van der Waals surface area contributed by atoms with Crippen LogP contribution in [-0.4, -0.2) is 28.3 Å². The summed E-state index contributed by atoms with van der Waals surface area (Å²) in [6.07, 6.45) is -2.67. The van der Waals surface area contributed by atoms with Gasteiger partial charge in [0.15, 0.2) is 0 Å². The molecular formula is C17H18ClF3N6O. The van der Waals surface area contributed by atoms with Gasteiger partial charge in [-0.15, -0.1) is 0 Å². The summed E-state index contributed by atoms with van der Waals surface area (Å²) < 4.78 is 39.5. The van der Waals surface area contributed by atoms with Crippen LogP contribution in [0.5, 0.6) is 0 Å². The Morgan fingerprint density at radius 1 is 1.32 bits per heavy atom. The van der Waals surface area contributed by atoms with Crippen LogP contribution in [0.2, 0.25) is 5.02 Å². The summed E-state index contributed by atoms with van der Waals surface area (Å²) in [6.45, 7) is 0.503. The molecule has 28 heavy (non-hydrogen) atoms. The lowest BCUT2D eigenvalue weighted by Gasteiger charge is -2.34. The summed E-state index contributed by atoms with van der Waals surface area (Å²) in [5, 5.41) is 7.19. The summed E-state index contributed by atoms with van der Waals surface area (Å²) in [6, 6.07) is 5.26. The first-order valence-electron chi connectivity index (χ1n) is 8.31. The lowest BCUT2D eigenvalue weighted by atomic mass is 10.1. The zero-order chi connectivity index (χ0) is 20.5. The van der Waals surface area contributed by atoms with Gasteiger partial charge in [0.05, 0.1) is 36.2 Å². The van der Waals surface area contributed by atoms with E-state index in [-0.39, 0.29) is 23.7 Å². The first-order valence-corrected chi connectivity index (χ1v) is 8.69. The van der Waals surface area contributed by atoms with E-state index in [0.29, 0.717) is 30.0 Å². The zero-order valence-electron chi connectivity index (χ0n) is 14.6. The van der Waals surface area contributed by atoms with Crippen molar-refractivity contribution >= 4 is 17.3 Å². The number of aromatic nitrogens is 2. The number of anilines is 1. The van der Waals surface area contributed by atoms with Crippen LogP contribution in [0.4, 0.5) is 18.9 Å². The summed E-state index contributed by atoms with van der Waals surface area (Å²) in [5.74, 6) is 6.04. The quantitative estimate of drug-likeness (QED) is 0.523. The monoisotopic (exact) mass is 414 g/mol. The molecule has 0 bridgehead atoms. The third-order valence-electron chi connectivity index (χ3n) is 4.48. The van der Waals surface area contributed by atoms with Gasteiger partial charge in [0, 0.05) is 18.7 Å². The highest BCUT2D eigenvalue weighted by Crippen LogP contribution is 2.33. The predicted molar refractivity (Wildman–Crippen MR) is 99.1 cm³/mol. The molecule has 1 aliphatic heterocycles. The van der Waals surface area contributed by atoms with E-state index in [1.165, 1.54) is 29.4 Å². The van der Waals surface area contributed by atoms with Crippen LogP contribution in [0.15, 0.2) is 46.7 Å². The first-order chi connectivity index (χ1) is 13.2. The SMILES string of the molecule is NC1=C(N(N)Cc2ccccc2C(F)(F)F)CCN(c2cn[nH]c(=O)c2Cl)C1. The van der Waals surface area contributed by atoms with Crippen molar-refractivity contribution in [2.75, 3.05) is 18.0 Å². The molecule has 0 atom stereocenters. The molecular weight excluding hydrogens is 397 g/mol. The van der Waals surface area contributed by atoms with Gasteiger partial charge in [0.2, 0.25) is 0 Å². The molecule has 0 saturated heterocycles. The van der Waals surface area contributed by atoms with Crippen LogP contribution in [0.25, 0.3) is 0 Å². The van der Waals surface area contributed by atoms with E-state index in [4.69, 9.17) is 23.2 Å². The maximum Gasteiger partial charge on any atom is 0.416 e. The molecule has 0 radical (unpaired) electrons. The van der Waals surface area contributed by atoms with Crippen molar-refractivity contribution in [3.05, 3.63) is 68.4 Å². The molecule has 1 aromatic carbocycles. The standard InChI is InChI=1S/C17H18ClF3N6O/c18-15-14(7-24-25-16(15)28)26-6-5-13(12(22)9-26)27(23)8-10-3-1-2-4-11(10)17(19,20)21/h1-4,7H,5-6,8-9,22-23H2,(H,25,28). The Bertz CT molecular complexity index is 958. The molecule has 0 aliphatic carbocycles. The van der Waals surface area contributed by atoms with Crippen LogP contribution in [-0.2, 0) is 12.7 Å². The Hall–Kier alpha value is -2.72. The van der Waals surface area contributed by atoms with Crippen molar-refractivity contribution in [2.45, 2.75) is 19.1 Å². The lowest BCUT2D eigenvalue weighted by molar-refractivity contribution is -0.138. The molecule has 3 rings (SSSR count). The first kappa shape index (κ1) is 20.0. The molecule has 150 valence electrons. The van der Waals surface area contributed by atoms with Crippen molar-refractivity contribution < 1.29 is 13.2 Å². The molecule has 0 spiro atoms. The van der Waals surface area contributed by atoms with Crippen LogP contribution < -0.4 is 22.0 Å². The Kier molecular flexibility index (Phi) is 5.52. The number of hydrogen-bond donors (Lipinski definition) is 3. The molecule has 1 aromatic heterocycles. The minimum atomic E-state index is -4.47. The number of hydrazine groups is 1. The van der Waals surface area contributed by atoms with Crippen LogP contribution in [0.1, 0.15) is 17.5 Å². The Balaban J connectivity index is 1.80. The number of rotatable bonds is 4. The lowest BCUT2D eigenvalue weighted by Crippen LogP contribution is -2.42. The normalized spacial score (nSPS) is 15.1. The molecule has 0 fully saturated rings. The van der Waals surface area contributed by atoms with E-state index in [2.05, 4.69) is 10.2 Å². The highest BCUT2D eigenvalue weighted by Gasteiger charge is 2.33. The van der Waals surface area contributed by atoms with Crippen molar-refractivity contribution in [2.24, 2.45) is 11.6 Å². The fraction of sp³-hybridized carbons (Fsp3) is 0.294. The molecule has 7 nitrogen and oxygen atoms in total. The maximum absolute atomic E-state index is 13.2. The number of nitrogens with one attached hydrogen (secondary N) is 1. The van der Waals surface area contributed by atoms with Crippen molar-refractivity contribution in [1.82, 2.24) is 15.2 Å². The van der Waals surface area contributed by atoms with Gasteiger partial charge in [-0.25, -0.2) is 10.9 Å². The van der Waals surface area contributed by atoms with Crippen LogP contribution in [0, 0.1) is 0 Å². The summed E-state index contributed by atoms with van der Waals surface area (Å²) in [4.78, 5) is 13.4. The van der Waals surface area contributed by atoms with Crippen molar-refractivity contribution in [1.29, 1.82) is 0 Å². The molecule has 0 saturated carbocycles. The number of hydrogen-bond acceptors (Lipinski definition) is 6. The van der Waals surface area contributed by atoms with Gasteiger partial charge in [0.1, 0.15) is 5.02 Å². The topological polar surface area (TPSA) is 104 Å². The van der Waals surface area contributed by atoms with E-state index in [0.717, 1.165) is 6.07 Å². The third-order valence-corrected chi connectivity index (χ3v) is 4.84. The average Bonchev–Trinajstić information content (AvgIpc) is 2.63. The van der Waals surface area contributed by atoms with Crippen LogP contribution in [0.3, 0.4) is 0 Å². The smallest absolute Gasteiger partial charge is 0.399 e. The zero-order valence-corrected chi connectivity index (χ0v) is 15.4. The van der Waals surface area contributed by atoms with Gasteiger partial charge in [-0.3, -0.25) is 4.79 Å². The molecule has 11 heteroatoms. The average molecular weight is 415 g/mol. The van der Waals surface area contributed by atoms with Gasteiger partial charge in [-0.05, 0) is 11.6 Å². The fourth-order valence-corrected chi connectivity index (χ4v) is 3.33. The highest BCUT2D eigenvalue weighted by atomic mass is 35.5. The number of nitrogens with two attached hydrogens (primary N) is 2. The largest absolute Gasteiger partial charge is 0.416 e. The number of H-pyrrole nitrogens is 1. The van der Waals surface area contributed by atoms with E-state index < -0.39 is 17.3 Å². The van der Waals surface area contributed by atoms with Gasteiger partial charge in [-0.2, -0.15) is 18.3 Å². The van der Waals surface area contributed by atoms with E-state index >= 15 is 0 Å². The summed E-state index contributed by atoms with van der Waals surface area (Å²) in [7, 11) is 0. The number of alkyl halides is 3. The van der Waals surface area contributed by atoms with Gasteiger partial charge >= 0.3 is 6.18 Å². The molecule has 0 amide bonds. The molecule has 0 unspecified atom stereocenters. The fourth-order valence-electron chi connectivity index (χ4n) is 3.12.